The third kappa shape index (κ3) is 4.85. The topological polar surface area (TPSA) is 98.0 Å². The van der Waals surface area contributed by atoms with E-state index in [1.54, 1.807) is 0 Å². The highest BCUT2D eigenvalue weighted by atomic mass is 31.2. The van der Waals surface area contributed by atoms with Crippen molar-refractivity contribution in [2.45, 2.75) is 24.9 Å². The number of hydrogen-bond acceptors (Lipinski definition) is 3. The van der Waals surface area contributed by atoms with E-state index >= 15 is 0 Å². The van der Waals surface area contributed by atoms with Crippen LogP contribution in [0.3, 0.4) is 0 Å². The summed E-state index contributed by atoms with van der Waals surface area (Å²) in [7, 11) is -4.09. The summed E-state index contributed by atoms with van der Waals surface area (Å²) in [6.45, 7) is -0.316. The third-order valence-electron chi connectivity index (χ3n) is 1.63. The van der Waals surface area contributed by atoms with Gasteiger partial charge >= 0.3 is 7.60 Å². The Morgan fingerprint density at radius 2 is 1.67 bits per heavy atom. The summed E-state index contributed by atoms with van der Waals surface area (Å²) >= 11 is 0. The molecule has 0 saturated carbocycles. The molecule has 0 aliphatic heterocycles. The zero-order valence-electron chi connectivity index (χ0n) is 6.76. The minimum absolute atomic E-state index is 0.0814. The number of rotatable bonds is 6. The minimum Gasteiger partial charge on any atom is -0.396 e. The number of aliphatic hydroxyl groups excluding tert-OH is 2. The fourth-order valence-corrected chi connectivity index (χ4v) is 1.93. The highest BCUT2D eigenvalue weighted by molar-refractivity contribution is 7.52. The summed E-state index contributed by atoms with van der Waals surface area (Å²) in [6.07, 6.45) is 0.696. The van der Waals surface area contributed by atoms with Gasteiger partial charge in [-0.3, -0.25) is 4.57 Å². The van der Waals surface area contributed by atoms with Crippen LogP contribution < -0.4 is 0 Å². The van der Waals surface area contributed by atoms with E-state index < -0.39 is 13.3 Å². The molecule has 12 heavy (non-hydrogen) atoms. The Kier molecular flexibility index (Phi) is 5.70. The molecular formula is C6H15O5P. The van der Waals surface area contributed by atoms with E-state index in [1.165, 1.54) is 0 Å². The molecule has 0 rings (SSSR count). The SMILES string of the molecule is O=P(O)(O)C(CCO)CCCO. The van der Waals surface area contributed by atoms with Gasteiger partial charge in [0, 0.05) is 13.2 Å². The van der Waals surface area contributed by atoms with Crippen LogP contribution >= 0.6 is 7.60 Å². The average Bonchev–Trinajstić information content (AvgIpc) is 1.95. The molecule has 0 amide bonds. The lowest BCUT2D eigenvalue weighted by atomic mass is 10.2. The predicted molar refractivity (Wildman–Crippen MR) is 43.9 cm³/mol. The van der Waals surface area contributed by atoms with Crippen LogP contribution in [0.25, 0.3) is 0 Å². The monoisotopic (exact) mass is 198 g/mol. The van der Waals surface area contributed by atoms with Crippen LogP contribution in [-0.2, 0) is 4.57 Å². The van der Waals surface area contributed by atoms with Gasteiger partial charge in [0.15, 0.2) is 0 Å². The maximum Gasteiger partial charge on any atom is 0.328 e. The summed E-state index contributed by atoms with van der Waals surface area (Å²) in [4.78, 5) is 17.5. The van der Waals surface area contributed by atoms with Crippen molar-refractivity contribution in [3.8, 4) is 0 Å². The van der Waals surface area contributed by atoms with Crippen molar-refractivity contribution >= 4 is 7.60 Å². The molecule has 0 aromatic carbocycles. The van der Waals surface area contributed by atoms with Gasteiger partial charge in [-0.15, -0.1) is 0 Å². The van der Waals surface area contributed by atoms with Crippen molar-refractivity contribution in [2.24, 2.45) is 0 Å². The van der Waals surface area contributed by atoms with Crippen LogP contribution in [0, 0.1) is 0 Å². The van der Waals surface area contributed by atoms with E-state index in [4.69, 9.17) is 20.0 Å². The molecule has 0 saturated heterocycles. The molecule has 0 radical (unpaired) electrons. The molecule has 0 aromatic rings. The lowest BCUT2D eigenvalue weighted by molar-refractivity contribution is 0.254. The van der Waals surface area contributed by atoms with Crippen LogP contribution in [0.5, 0.6) is 0 Å². The van der Waals surface area contributed by atoms with E-state index in [2.05, 4.69) is 0 Å². The largest absolute Gasteiger partial charge is 0.396 e. The van der Waals surface area contributed by atoms with Gasteiger partial charge in [-0.25, -0.2) is 0 Å². The molecule has 4 N–H and O–H groups in total. The van der Waals surface area contributed by atoms with Crippen LogP contribution in [0.2, 0.25) is 0 Å². The molecule has 74 valence electrons. The number of aliphatic hydroxyl groups is 2. The Labute approximate surface area is 71.2 Å². The van der Waals surface area contributed by atoms with Crippen molar-refractivity contribution in [3.05, 3.63) is 0 Å². The first-order chi connectivity index (χ1) is 5.52. The van der Waals surface area contributed by atoms with Crippen LogP contribution in [0.1, 0.15) is 19.3 Å². The van der Waals surface area contributed by atoms with Crippen LogP contribution in [-0.4, -0.2) is 38.9 Å². The molecule has 0 aliphatic rings. The van der Waals surface area contributed by atoms with Crippen molar-refractivity contribution < 1.29 is 24.6 Å². The van der Waals surface area contributed by atoms with Gasteiger partial charge in [0.25, 0.3) is 0 Å². The van der Waals surface area contributed by atoms with Gasteiger partial charge < -0.3 is 20.0 Å². The van der Waals surface area contributed by atoms with Gasteiger partial charge in [-0.2, -0.15) is 0 Å². The molecule has 5 nitrogen and oxygen atoms in total. The normalized spacial score (nSPS) is 14.7. The molecule has 0 aliphatic carbocycles. The third-order valence-corrected chi connectivity index (χ3v) is 3.10. The van der Waals surface area contributed by atoms with E-state index in [1.807, 2.05) is 0 Å². The van der Waals surface area contributed by atoms with Crippen molar-refractivity contribution in [3.63, 3.8) is 0 Å². The minimum atomic E-state index is -4.09. The molecule has 1 unspecified atom stereocenters. The Bertz CT molecular complexity index is 154. The molecule has 6 heteroatoms. The highest BCUT2D eigenvalue weighted by Crippen LogP contribution is 2.44. The summed E-state index contributed by atoms with van der Waals surface area (Å²) < 4.78 is 10.7. The summed E-state index contributed by atoms with van der Waals surface area (Å²) in [6, 6.07) is 0. The van der Waals surface area contributed by atoms with E-state index in [0.29, 0.717) is 6.42 Å². The van der Waals surface area contributed by atoms with Gasteiger partial charge in [0.05, 0.1) is 5.66 Å². The molecule has 0 aromatic heterocycles. The summed E-state index contributed by atoms with van der Waals surface area (Å²) in [5.41, 5.74) is -0.811. The first-order valence-electron chi connectivity index (χ1n) is 3.79. The quantitative estimate of drug-likeness (QED) is 0.439. The molecule has 0 bridgehead atoms. The molecule has 1 atom stereocenters. The fraction of sp³-hybridized carbons (Fsp3) is 1.00. The van der Waals surface area contributed by atoms with E-state index in [9.17, 15) is 4.57 Å². The lowest BCUT2D eigenvalue weighted by Crippen LogP contribution is -2.11. The first kappa shape index (κ1) is 12.1. The van der Waals surface area contributed by atoms with Crippen molar-refractivity contribution in [2.75, 3.05) is 13.2 Å². The molecule has 0 spiro atoms. The zero-order chi connectivity index (χ0) is 9.61. The standard InChI is InChI=1S/C6H15O5P/c7-4-1-2-6(3-5-8)12(9,10)11/h6-8H,1-5H2,(H2,9,10,11). The molecule has 0 fully saturated rings. The van der Waals surface area contributed by atoms with Crippen LogP contribution in [0.4, 0.5) is 0 Å². The van der Waals surface area contributed by atoms with Crippen LogP contribution in [0.15, 0.2) is 0 Å². The van der Waals surface area contributed by atoms with E-state index in [-0.39, 0.29) is 26.1 Å². The second-order valence-electron chi connectivity index (χ2n) is 2.62. The second-order valence-corrected chi connectivity index (χ2v) is 4.53. The second kappa shape index (κ2) is 5.67. The van der Waals surface area contributed by atoms with Gasteiger partial charge in [-0.05, 0) is 19.3 Å². The van der Waals surface area contributed by atoms with Crippen molar-refractivity contribution in [1.29, 1.82) is 0 Å². The highest BCUT2D eigenvalue weighted by Gasteiger charge is 2.27. The average molecular weight is 198 g/mol. The summed E-state index contributed by atoms with van der Waals surface area (Å²) in [5, 5.41) is 16.9. The zero-order valence-corrected chi connectivity index (χ0v) is 7.65. The Morgan fingerprint density at radius 3 is 2.00 bits per heavy atom. The maximum atomic E-state index is 10.7. The number of hydrogen-bond donors (Lipinski definition) is 4. The smallest absolute Gasteiger partial charge is 0.328 e. The predicted octanol–water partition coefficient (Wildman–Crippen LogP) is -0.312. The Balaban J connectivity index is 3.95. The Morgan fingerprint density at radius 1 is 1.08 bits per heavy atom. The Hall–Kier alpha value is 0.0700. The van der Waals surface area contributed by atoms with E-state index in [0.717, 1.165) is 0 Å². The molecular weight excluding hydrogens is 183 g/mol. The van der Waals surface area contributed by atoms with Gasteiger partial charge in [-0.1, -0.05) is 0 Å². The fourth-order valence-electron chi connectivity index (χ4n) is 0.957. The maximum absolute atomic E-state index is 10.7. The summed E-state index contributed by atoms with van der Waals surface area (Å²) in [5.74, 6) is 0. The van der Waals surface area contributed by atoms with Crippen molar-refractivity contribution in [1.82, 2.24) is 0 Å². The van der Waals surface area contributed by atoms with Gasteiger partial charge in [0.1, 0.15) is 0 Å². The lowest BCUT2D eigenvalue weighted by Gasteiger charge is -2.16. The van der Waals surface area contributed by atoms with Gasteiger partial charge in [0.2, 0.25) is 0 Å². The first-order valence-corrected chi connectivity index (χ1v) is 5.47. The molecule has 0 heterocycles.